The topological polar surface area (TPSA) is 68.0 Å². The first-order valence-corrected chi connectivity index (χ1v) is 6.50. The molecule has 0 spiro atoms. The number of hydrogen-bond donors (Lipinski definition) is 2. The number of carbonyl (C=O) groups excluding carboxylic acids is 1. The molecule has 0 saturated heterocycles. The monoisotopic (exact) mass is 239 g/mol. The largest absolute Gasteiger partial charge is 0.343 e. The van der Waals surface area contributed by atoms with Crippen molar-refractivity contribution in [2.24, 2.45) is 5.73 Å². The molecular weight excluding hydrogens is 222 g/mol. The molecule has 16 heavy (non-hydrogen) atoms. The summed E-state index contributed by atoms with van der Waals surface area (Å²) in [6, 6.07) is -0.461. The Bertz CT molecular complexity index is 355. The summed E-state index contributed by atoms with van der Waals surface area (Å²) in [6.45, 7) is 1.71. The number of nitrogens with two attached hydrogens (primary N) is 1. The molecule has 0 bridgehead atoms. The van der Waals surface area contributed by atoms with Gasteiger partial charge in [0, 0.05) is 11.6 Å². The van der Waals surface area contributed by atoms with Crippen molar-refractivity contribution in [1.82, 2.24) is 10.3 Å². The van der Waals surface area contributed by atoms with Gasteiger partial charge in [0.15, 0.2) is 0 Å². The Kier molecular flexibility index (Phi) is 3.25. The second-order valence-corrected chi connectivity index (χ2v) is 5.30. The van der Waals surface area contributed by atoms with Crippen molar-refractivity contribution in [3.63, 3.8) is 0 Å². The summed E-state index contributed by atoms with van der Waals surface area (Å²) in [7, 11) is 0. The Hall–Kier alpha value is -0.940. The van der Waals surface area contributed by atoms with Gasteiger partial charge in [0.05, 0.1) is 11.6 Å². The van der Waals surface area contributed by atoms with Crippen molar-refractivity contribution in [3.8, 4) is 0 Å². The molecule has 3 N–H and O–H groups in total. The van der Waals surface area contributed by atoms with Crippen LogP contribution >= 0.6 is 11.3 Å². The summed E-state index contributed by atoms with van der Waals surface area (Å²) in [5.41, 5.74) is 5.35. The fourth-order valence-electron chi connectivity index (χ4n) is 2.18. The van der Waals surface area contributed by atoms with Crippen LogP contribution in [0.3, 0.4) is 0 Å². The van der Waals surface area contributed by atoms with Crippen molar-refractivity contribution in [1.29, 1.82) is 0 Å². The van der Waals surface area contributed by atoms with Gasteiger partial charge in [0.1, 0.15) is 5.01 Å². The molecule has 1 fully saturated rings. The van der Waals surface area contributed by atoms with Crippen LogP contribution in [0.25, 0.3) is 0 Å². The number of carbonyl (C=O) groups is 1. The lowest BCUT2D eigenvalue weighted by Gasteiger charge is -2.29. The number of nitrogens with zero attached hydrogens (tertiary/aromatic N) is 1. The van der Waals surface area contributed by atoms with E-state index in [1.807, 2.05) is 5.38 Å². The maximum atomic E-state index is 11.7. The van der Waals surface area contributed by atoms with E-state index in [2.05, 4.69) is 10.3 Å². The lowest BCUT2D eigenvalue weighted by atomic mass is 9.98. The minimum absolute atomic E-state index is 0.0860. The van der Waals surface area contributed by atoms with Gasteiger partial charge in [-0.2, -0.15) is 0 Å². The number of nitrogens with one attached hydrogen (secondary N) is 1. The molecule has 1 aliphatic rings. The minimum Gasteiger partial charge on any atom is -0.343 e. The van der Waals surface area contributed by atoms with Crippen molar-refractivity contribution >= 4 is 17.2 Å². The Labute approximate surface area is 99.3 Å². The van der Waals surface area contributed by atoms with E-state index in [4.69, 9.17) is 5.73 Å². The molecule has 1 atom stereocenters. The summed E-state index contributed by atoms with van der Waals surface area (Å²) < 4.78 is 0. The van der Waals surface area contributed by atoms with Crippen LogP contribution < -0.4 is 11.1 Å². The highest BCUT2D eigenvalue weighted by Gasteiger charge is 2.39. The number of aromatic nitrogens is 1. The fraction of sp³-hybridized carbons (Fsp3) is 0.636. The van der Waals surface area contributed by atoms with Crippen molar-refractivity contribution in [2.45, 2.75) is 44.2 Å². The molecule has 1 unspecified atom stereocenters. The first-order chi connectivity index (χ1) is 7.64. The van der Waals surface area contributed by atoms with Gasteiger partial charge >= 0.3 is 0 Å². The average Bonchev–Trinajstić information content (AvgIpc) is 2.87. The van der Waals surface area contributed by atoms with E-state index in [1.54, 1.807) is 24.5 Å². The summed E-state index contributed by atoms with van der Waals surface area (Å²) >= 11 is 1.61. The Morgan fingerprint density at radius 1 is 1.62 bits per heavy atom. The van der Waals surface area contributed by atoms with E-state index in [0.717, 1.165) is 30.7 Å². The highest BCUT2D eigenvalue weighted by Crippen LogP contribution is 2.39. The third-order valence-electron chi connectivity index (χ3n) is 3.07. The second-order valence-electron chi connectivity index (χ2n) is 4.40. The van der Waals surface area contributed by atoms with Crippen molar-refractivity contribution in [3.05, 3.63) is 16.6 Å². The van der Waals surface area contributed by atoms with Crippen LogP contribution in [0.15, 0.2) is 11.6 Å². The molecule has 0 aliphatic heterocycles. The summed E-state index contributed by atoms with van der Waals surface area (Å²) in [6.07, 6.45) is 6.01. The van der Waals surface area contributed by atoms with E-state index in [0.29, 0.717) is 0 Å². The Morgan fingerprint density at radius 3 is 2.81 bits per heavy atom. The van der Waals surface area contributed by atoms with Gasteiger partial charge in [-0.3, -0.25) is 4.79 Å². The molecule has 4 nitrogen and oxygen atoms in total. The summed E-state index contributed by atoms with van der Waals surface area (Å²) in [4.78, 5) is 16.1. The smallest absolute Gasteiger partial charge is 0.237 e. The molecule has 1 saturated carbocycles. The molecule has 1 heterocycles. The molecule has 5 heteroatoms. The van der Waals surface area contributed by atoms with Crippen LogP contribution in [0.1, 0.15) is 37.6 Å². The highest BCUT2D eigenvalue weighted by molar-refractivity contribution is 7.09. The normalized spacial score (nSPS) is 20.6. The summed E-state index contributed by atoms with van der Waals surface area (Å²) in [5.74, 6) is -0.0860. The first kappa shape index (κ1) is 11.5. The average molecular weight is 239 g/mol. The maximum Gasteiger partial charge on any atom is 0.237 e. The molecule has 0 radical (unpaired) electrons. The summed E-state index contributed by atoms with van der Waals surface area (Å²) in [5, 5.41) is 6.04. The Morgan fingerprint density at radius 2 is 2.31 bits per heavy atom. The molecule has 1 aliphatic carbocycles. The zero-order chi connectivity index (χ0) is 11.6. The van der Waals surface area contributed by atoms with Crippen LogP contribution in [0.2, 0.25) is 0 Å². The van der Waals surface area contributed by atoms with Gasteiger partial charge in [-0.05, 0) is 19.8 Å². The number of amides is 1. The van der Waals surface area contributed by atoms with Gasteiger partial charge < -0.3 is 11.1 Å². The van der Waals surface area contributed by atoms with Crippen LogP contribution in [-0.4, -0.2) is 16.9 Å². The third-order valence-corrected chi connectivity index (χ3v) is 4.05. The zero-order valence-electron chi connectivity index (χ0n) is 9.40. The van der Waals surface area contributed by atoms with E-state index < -0.39 is 6.04 Å². The quantitative estimate of drug-likeness (QED) is 0.837. The standard InChI is InChI=1S/C11H17N3OS/c1-8(12)9(15)14-11(4-2-3-5-11)10-13-6-7-16-10/h6-8H,2-5,12H2,1H3,(H,14,15). The van der Waals surface area contributed by atoms with Crippen LogP contribution in [0, 0.1) is 0 Å². The van der Waals surface area contributed by atoms with Gasteiger partial charge in [0.25, 0.3) is 0 Å². The first-order valence-electron chi connectivity index (χ1n) is 5.62. The van der Waals surface area contributed by atoms with E-state index >= 15 is 0 Å². The molecular formula is C11H17N3OS. The van der Waals surface area contributed by atoms with Gasteiger partial charge in [-0.25, -0.2) is 4.98 Å². The lowest BCUT2D eigenvalue weighted by Crippen LogP contribution is -2.49. The SMILES string of the molecule is CC(N)C(=O)NC1(c2nccs2)CCCC1. The molecule has 1 aromatic rings. The van der Waals surface area contributed by atoms with E-state index in [9.17, 15) is 4.79 Å². The molecule has 2 rings (SSSR count). The van der Waals surface area contributed by atoms with Gasteiger partial charge in [0.2, 0.25) is 5.91 Å². The van der Waals surface area contributed by atoms with Gasteiger partial charge in [-0.15, -0.1) is 11.3 Å². The van der Waals surface area contributed by atoms with E-state index in [1.165, 1.54) is 0 Å². The molecule has 1 amide bonds. The Balaban J connectivity index is 2.20. The van der Waals surface area contributed by atoms with E-state index in [-0.39, 0.29) is 11.4 Å². The molecule has 1 aromatic heterocycles. The maximum absolute atomic E-state index is 11.7. The second kappa shape index (κ2) is 4.51. The van der Waals surface area contributed by atoms with Crippen LogP contribution in [0.5, 0.6) is 0 Å². The third kappa shape index (κ3) is 2.10. The fourth-order valence-corrected chi connectivity index (χ4v) is 3.03. The van der Waals surface area contributed by atoms with Crippen molar-refractivity contribution < 1.29 is 4.79 Å². The zero-order valence-corrected chi connectivity index (χ0v) is 10.2. The highest BCUT2D eigenvalue weighted by atomic mass is 32.1. The lowest BCUT2D eigenvalue weighted by molar-refractivity contribution is -0.124. The minimum atomic E-state index is -0.461. The van der Waals surface area contributed by atoms with Crippen LogP contribution in [-0.2, 0) is 10.3 Å². The number of hydrogen-bond acceptors (Lipinski definition) is 4. The number of thiazole rings is 1. The van der Waals surface area contributed by atoms with Gasteiger partial charge in [-0.1, -0.05) is 12.8 Å². The predicted molar refractivity (Wildman–Crippen MR) is 64.1 cm³/mol. The number of rotatable bonds is 3. The molecule has 0 aromatic carbocycles. The van der Waals surface area contributed by atoms with Crippen molar-refractivity contribution in [2.75, 3.05) is 0 Å². The van der Waals surface area contributed by atoms with Crippen LogP contribution in [0.4, 0.5) is 0 Å². The predicted octanol–water partition coefficient (Wildman–Crippen LogP) is 1.38. The molecule has 88 valence electrons.